The van der Waals surface area contributed by atoms with E-state index >= 15 is 0 Å². The van der Waals surface area contributed by atoms with Crippen LogP contribution >= 0.6 is 23.4 Å². The van der Waals surface area contributed by atoms with E-state index in [-0.39, 0.29) is 5.91 Å². The molecule has 0 aliphatic carbocycles. The lowest BCUT2D eigenvalue weighted by Gasteiger charge is -2.07. The van der Waals surface area contributed by atoms with Gasteiger partial charge in [-0.2, -0.15) is 0 Å². The van der Waals surface area contributed by atoms with Crippen LogP contribution in [0.5, 0.6) is 11.5 Å². The molecule has 1 N–H and O–H groups in total. The summed E-state index contributed by atoms with van der Waals surface area (Å²) in [6, 6.07) is 12.7. The highest BCUT2D eigenvalue weighted by Crippen LogP contribution is 2.36. The fraction of sp³-hybridized carbons (Fsp3) is 0.158. The second-order valence-corrected chi connectivity index (χ2v) is 6.91. The molecule has 1 aliphatic heterocycles. The maximum absolute atomic E-state index is 12.4. The summed E-state index contributed by atoms with van der Waals surface area (Å²) in [7, 11) is 3.15. The topological polar surface area (TPSA) is 59.9 Å². The van der Waals surface area contributed by atoms with Gasteiger partial charge in [-0.15, -0.1) is 0 Å². The fourth-order valence-corrected chi connectivity index (χ4v) is 3.46. The number of carbonyl (C=O) groups is 1. The van der Waals surface area contributed by atoms with Gasteiger partial charge in [0.25, 0.3) is 5.91 Å². The lowest BCUT2D eigenvalue weighted by atomic mass is 10.1. The monoisotopic (exact) mass is 388 g/mol. The minimum absolute atomic E-state index is 0.173. The number of allylic oxidation sites excluding steroid dienone is 1. The Labute approximate surface area is 161 Å². The normalized spacial score (nSPS) is 17.2. The average molecular weight is 389 g/mol. The van der Waals surface area contributed by atoms with Crippen molar-refractivity contribution >= 4 is 45.7 Å². The van der Waals surface area contributed by atoms with Crippen molar-refractivity contribution in [3.63, 3.8) is 0 Å². The number of nitrogens with one attached hydrogen (secondary N) is 1. The van der Waals surface area contributed by atoms with Crippen LogP contribution in [0.2, 0.25) is 5.02 Å². The van der Waals surface area contributed by atoms with E-state index in [2.05, 4.69) is 10.3 Å². The number of thioether (sulfide) groups is 1. The quantitative estimate of drug-likeness (QED) is 0.775. The molecule has 3 rings (SSSR count). The van der Waals surface area contributed by atoms with Gasteiger partial charge < -0.3 is 14.8 Å². The van der Waals surface area contributed by atoms with Crippen molar-refractivity contribution in [2.24, 2.45) is 4.99 Å². The summed E-state index contributed by atoms with van der Waals surface area (Å²) in [5, 5.41) is 3.96. The number of amides is 1. The van der Waals surface area contributed by atoms with Gasteiger partial charge in [0.15, 0.2) is 5.17 Å². The third kappa shape index (κ3) is 3.86. The largest absolute Gasteiger partial charge is 0.497 e. The molecule has 1 heterocycles. The molecule has 1 amide bonds. The van der Waals surface area contributed by atoms with E-state index in [4.69, 9.17) is 21.1 Å². The van der Waals surface area contributed by atoms with E-state index in [0.717, 1.165) is 11.1 Å². The first-order chi connectivity index (χ1) is 12.5. The standard InChI is InChI=1S/C19H17ClN2O3S/c1-11(12-4-6-13(20)7-5-12)17-18(23)22-19(26-17)21-15-9-8-14(24-2)10-16(15)25-3/h4-10H,1-3H3,(H,21,22,23)/b17-11-. The number of rotatable bonds is 4. The first kappa shape index (κ1) is 18.4. The zero-order valence-electron chi connectivity index (χ0n) is 14.5. The van der Waals surface area contributed by atoms with Gasteiger partial charge in [0.1, 0.15) is 17.2 Å². The number of ether oxygens (including phenoxy) is 2. The SMILES string of the molecule is COc1ccc(N=C2NC(=O)/C(=C(\C)c3ccc(Cl)cc3)S2)c(OC)c1. The molecule has 0 spiro atoms. The fourth-order valence-electron chi connectivity index (χ4n) is 2.44. The molecule has 0 unspecified atom stereocenters. The molecule has 1 fully saturated rings. The second kappa shape index (κ2) is 7.85. The number of hydrogen-bond acceptors (Lipinski definition) is 5. The minimum atomic E-state index is -0.173. The summed E-state index contributed by atoms with van der Waals surface area (Å²) in [5.74, 6) is 1.07. The number of halogens is 1. The highest BCUT2D eigenvalue weighted by Gasteiger charge is 2.26. The molecule has 0 bridgehead atoms. The van der Waals surface area contributed by atoms with Crippen molar-refractivity contribution in [3.05, 3.63) is 58.0 Å². The Morgan fingerprint density at radius 2 is 1.85 bits per heavy atom. The molecule has 1 saturated heterocycles. The summed E-state index contributed by atoms with van der Waals surface area (Å²) in [5.41, 5.74) is 2.42. The van der Waals surface area contributed by atoms with Crippen LogP contribution in [0.4, 0.5) is 5.69 Å². The lowest BCUT2D eigenvalue weighted by molar-refractivity contribution is -0.115. The molecule has 0 radical (unpaired) electrons. The highest BCUT2D eigenvalue weighted by molar-refractivity contribution is 8.18. The predicted molar refractivity (Wildman–Crippen MR) is 106 cm³/mol. The van der Waals surface area contributed by atoms with Crippen molar-refractivity contribution in [3.8, 4) is 11.5 Å². The predicted octanol–water partition coefficient (Wildman–Crippen LogP) is 4.64. The van der Waals surface area contributed by atoms with Crippen molar-refractivity contribution in [2.45, 2.75) is 6.92 Å². The summed E-state index contributed by atoms with van der Waals surface area (Å²) < 4.78 is 10.5. The smallest absolute Gasteiger partial charge is 0.264 e. The summed E-state index contributed by atoms with van der Waals surface area (Å²) in [4.78, 5) is 17.5. The molecule has 134 valence electrons. The molecule has 7 heteroatoms. The molecule has 0 aromatic heterocycles. The second-order valence-electron chi connectivity index (χ2n) is 5.47. The number of hydrogen-bond donors (Lipinski definition) is 1. The minimum Gasteiger partial charge on any atom is -0.497 e. The van der Waals surface area contributed by atoms with Gasteiger partial charge in [0.05, 0.1) is 19.1 Å². The van der Waals surface area contributed by atoms with Gasteiger partial charge in [-0.3, -0.25) is 4.79 Å². The molecule has 1 aliphatic rings. The van der Waals surface area contributed by atoms with E-state index in [9.17, 15) is 4.79 Å². The maximum Gasteiger partial charge on any atom is 0.264 e. The third-order valence-electron chi connectivity index (χ3n) is 3.85. The molecule has 26 heavy (non-hydrogen) atoms. The number of nitrogens with zero attached hydrogens (tertiary/aromatic N) is 1. The molecular weight excluding hydrogens is 372 g/mol. The molecule has 0 atom stereocenters. The van der Waals surface area contributed by atoms with E-state index in [1.807, 2.05) is 19.1 Å². The van der Waals surface area contributed by atoms with E-state index in [0.29, 0.717) is 32.3 Å². The van der Waals surface area contributed by atoms with Crippen molar-refractivity contribution in [1.82, 2.24) is 5.32 Å². The number of amidine groups is 1. The number of methoxy groups -OCH3 is 2. The van der Waals surface area contributed by atoms with Crippen molar-refractivity contribution in [1.29, 1.82) is 0 Å². The summed E-state index contributed by atoms with van der Waals surface area (Å²) in [6.45, 7) is 1.90. The van der Waals surface area contributed by atoms with E-state index in [1.165, 1.54) is 11.8 Å². The van der Waals surface area contributed by atoms with Crippen molar-refractivity contribution in [2.75, 3.05) is 14.2 Å². The average Bonchev–Trinajstić information content (AvgIpc) is 3.02. The van der Waals surface area contributed by atoms with Gasteiger partial charge in [-0.1, -0.05) is 23.7 Å². The van der Waals surface area contributed by atoms with Gasteiger partial charge in [0, 0.05) is 11.1 Å². The number of benzene rings is 2. The Bertz CT molecular complexity index is 908. The molecule has 0 saturated carbocycles. The molecule has 2 aromatic carbocycles. The summed E-state index contributed by atoms with van der Waals surface area (Å²) >= 11 is 7.23. The highest BCUT2D eigenvalue weighted by atomic mass is 35.5. The number of aliphatic imine (C=N–C) groups is 1. The van der Waals surface area contributed by atoms with E-state index in [1.54, 1.807) is 44.6 Å². The van der Waals surface area contributed by atoms with Crippen molar-refractivity contribution < 1.29 is 14.3 Å². The zero-order valence-corrected chi connectivity index (χ0v) is 16.1. The van der Waals surface area contributed by atoms with Crippen LogP contribution < -0.4 is 14.8 Å². The Kier molecular flexibility index (Phi) is 5.54. The van der Waals surface area contributed by atoms with Crippen LogP contribution in [0.1, 0.15) is 12.5 Å². The van der Waals surface area contributed by atoms with Gasteiger partial charge in [-0.05, 0) is 54.1 Å². The lowest BCUT2D eigenvalue weighted by Crippen LogP contribution is -2.19. The Balaban J connectivity index is 1.91. The van der Waals surface area contributed by atoms with Crippen LogP contribution in [0, 0.1) is 0 Å². The maximum atomic E-state index is 12.4. The first-order valence-electron chi connectivity index (χ1n) is 7.78. The zero-order chi connectivity index (χ0) is 18.7. The van der Waals surface area contributed by atoms with Gasteiger partial charge in [-0.25, -0.2) is 4.99 Å². The van der Waals surface area contributed by atoms with Gasteiger partial charge >= 0.3 is 0 Å². The summed E-state index contributed by atoms with van der Waals surface area (Å²) in [6.07, 6.45) is 0. The molecule has 2 aromatic rings. The van der Waals surface area contributed by atoms with Crippen LogP contribution in [-0.4, -0.2) is 25.3 Å². The van der Waals surface area contributed by atoms with Crippen LogP contribution in [-0.2, 0) is 4.79 Å². The Morgan fingerprint density at radius 1 is 1.12 bits per heavy atom. The third-order valence-corrected chi connectivity index (χ3v) is 5.19. The first-order valence-corrected chi connectivity index (χ1v) is 8.98. The molecular formula is C19H17ClN2O3S. The van der Waals surface area contributed by atoms with Gasteiger partial charge in [0.2, 0.25) is 0 Å². The Hall–Kier alpha value is -2.44. The van der Waals surface area contributed by atoms with Crippen LogP contribution in [0.15, 0.2) is 52.4 Å². The number of carbonyl (C=O) groups excluding carboxylic acids is 1. The van der Waals surface area contributed by atoms with Crippen LogP contribution in [0.3, 0.4) is 0 Å². The van der Waals surface area contributed by atoms with E-state index < -0.39 is 0 Å². The van der Waals surface area contributed by atoms with Crippen LogP contribution in [0.25, 0.3) is 5.57 Å². The molecule has 5 nitrogen and oxygen atoms in total. The Morgan fingerprint density at radius 3 is 2.50 bits per heavy atom.